The summed E-state index contributed by atoms with van der Waals surface area (Å²) in [6.45, 7) is 5.34. The van der Waals surface area contributed by atoms with Crippen LogP contribution in [0.25, 0.3) is 0 Å². The van der Waals surface area contributed by atoms with Gasteiger partial charge in [-0.2, -0.15) is 0 Å². The molecule has 0 aliphatic carbocycles. The molecule has 1 heterocycles. The van der Waals surface area contributed by atoms with Gasteiger partial charge in [0, 0.05) is 19.6 Å². The molecule has 5 heteroatoms. The van der Waals surface area contributed by atoms with Crippen molar-refractivity contribution in [2.45, 2.75) is 19.6 Å². The van der Waals surface area contributed by atoms with Crippen LogP contribution in [0.2, 0.25) is 0 Å². The Balaban J connectivity index is 1.51. The number of esters is 1. The van der Waals surface area contributed by atoms with Crippen molar-refractivity contribution in [1.82, 2.24) is 4.90 Å². The summed E-state index contributed by atoms with van der Waals surface area (Å²) in [4.78, 5) is 14.6. The van der Waals surface area contributed by atoms with Crippen molar-refractivity contribution in [2.75, 3.05) is 33.4 Å². The summed E-state index contributed by atoms with van der Waals surface area (Å²) in [5.74, 6) is 0.328. The molecule has 138 valence electrons. The van der Waals surface area contributed by atoms with Crippen molar-refractivity contribution in [3.8, 4) is 5.75 Å². The summed E-state index contributed by atoms with van der Waals surface area (Å²) < 4.78 is 16.5. The van der Waals surface area contributed by atoms with E-state index in [2.05, 4.69) is 17.0 Å². The van der Waals surface area contributed by atoms with E-state index in [4.69, 9.17) is 14.2 Å². The van der Waals surface area contributed by atoms with Gasteiger partial charge >= 0.3 is 5.97 Å². The first-order valence-corrected chi connectivity index (χ1v) is 8.85. The predicted octanol–water partition coefficient (Wildman–Crippen LogP) is 3.06. The van der Waals surface area contributed by atoms with Crippen LogP contribution in [0.4, 0.5) is 0 Å². The lowest BCUT2D eigenvalue weighted by Gasteiger charge is -2.32. The van der Waals surface area contributed by atoms with Gasteiger partial charge in [0.15, 0.2) is 0 Å². The minimum Gasteiger partial charge on any atom is -0.496 e. The van der Waals surface area contributed by atoms with E-state index in [1.54, 1.807) is 19.2 Å². The first-order valence-electron chi connectivity index (χ1n) is 8.85. The second kappa shape index (κ2) is 8.83. The molecule has 2 aromatic rings. The molecule has 0 bridgehead atoms. The van der Waals surface area contributed by atoms with Gasteiger partial charge in [0.2, 0.25) is 0 Å². The molecule has 1 unspecified atom stereocenters. The van der Waals surface area contributed by atoms with E-state index in [0.29, 0.717) is 17.9 Å². The number of hydrogen-bond donors (Lipinski definition) is 0. The largest absolute Gasteiger partial charge is 0.496 e. The number of benzene rings is 2. The first-order chi connectivity index (χ1) is 12.7. The topological polar surface area (TPSA) is 48.0 Å². The van der Waals surface area contributed by atoms with Crippen LogP contribution in [-0.4, -0.2) is 50.4 Å². The van der Waals surface area contributed by atoms with E-state index in [9.17, 15) is 4.79 Å². The summed E-state index contributed by atoms with van der Waals surface area (Å²) in [7, 11) is 1.59. The van der Waals surface area contributed by atoms with Gasteiger partial charge in [-0.25, -0.2) is 4.79 Å². The van der Waals surface area contributed by atoms with Crippen LogP contribution in [0, 0.1) is 6.92 Å². The van der Waals surface area contributed by atoms with E-state index in [0.717, 1.165) is 25.2 Å². The molecule has 0 saturated carbocycles. The van der Waals surface area contributed by atoms with Crippen LogP contribution in [-0.2, 0) is 16.0 Å². The van der Waals surface area contributed by atoms with Gasteiger partial charge in [0.05, 0.1) is 19.3 Å². The zero-order chi connectivity index (χ0) is 18.4. The van der Waals surface area contributed by atoms with E-state index in [-0.39, 0.29) is 18.7 Å². The average Bonchev–Trinajstić information content (AvgIpc) is 2.67. The second-order valence-corrected chi connectivity index (χ2v) is 6.50. The number of nitrogens with zero attached hydrogens (tertiary/aromatic N) is 1. The highest BCUT2D eigenvalue weighted by Gasteiger charge is 2.22. The van der Waals surface area contributed by atoms with Crippen molar-refractivity contribution in [3.05, 3.63) is 65.2 Å². The zero-order valence-electron chi connectivity index (χ0n) is 15.3. The maximum absolute atomic E-state index is 12.3. The van der Waals surface area contributed by atoms with Crippen molar-refractivity contribution < 1.29 is 19.0 Å². The number of carbonyl (C=O) groups excluding carboxylic acids is 1. The van der Waals surface area contributed by atoms with E-state index in [1.807, 2.05) is 31.2 Å². The van der Waals surface area contributed by atoms with Crippen LogP contribution in [0.1, 0.15) is 21.5 Å². The van der Waals surface area contributed by atoms with Gasteiger partial charge in [-0.1, -0.05) is 36.4 Å². The number of ether oxygens (including phenoxy) is 3. The maximum Gasteiger partial charge on any atom is 0.338 e. The van der Waals surface area contributed by atoms with Gasteiger partial charge in [-0.15, -0.1) is 0 Å². The fraction of sp³-hybridized carbons (Fsp3) is 0.381. The van der Waals surface area contributed by atoms with Gasteiger partial charge in [0.25, 0.3) is 0 Å². The van der Waals surface area contributed by atoms with E-state index < -0.39 is 0 Å². The lowest BCUT2D eigenvalue weighted by Crippen LogP contribution is -2.44. The van der Waals surface area contributed by atoms with E-state index in [1.165, 1.54) is 5.56 Å². The lowest BCUT2D eigenvalue weighted by molar-refractivity contribution is -0.0612. The smallest absolute Gasteiger partial charge is 0.338 e. The molecule has 0 radical (unpaired) electrons. The molecule has 1 aliphatic rings. The number of aryl methyl sites for hydroxylation is 1. The van der Waals surface area contributed by atoms with Crippen molar-refractivity contribution in [2.24, 2.45) is 0 Å². The molecular formula is C21H25NO4. The molecule has 1 atom stereocenters. The van der Waals surface area contributed by atoms with E-state index >= 15 is 0 Å². The predicted molar refractivity (Wildman–Crippen MR) is 99.5 cm³/mol. The fourth-order valence-electron chi connectivity index (χ4n) is 3.07. The Morgan fingerprint density at radius 2 is 2.04 bits per heavy atom. The molecule has 0 spiro atoms. The quantitative estimate of drug-likeness (QED) is 0.746. The number of hydrogen-bond acceptors (Lipinski definition) is 5. The highest BCUT2D eigenvalue weighted by Crippen LogP contribution is 2.20. The highest BCUT2D eigenvalue weighted by molar-refractivity contribution is 5.90. The van der Waals surface area contributed by atoms with Gasteiger partial charge < -0.3 is 14.2 Å². The van der Waals surface area contributed by atoms with Gasteiger partial charge in [-0.3, -0.25) is 4.90 Å². The molecule has 0 aromatic heterocycles. The zero-order valence-corrected chi connectivity index (χ0v) is 15.3. The summed E-state index contributed by atoms with van der Waals surface area (Å²) in [5, 5.41) is 0. The SMILES string of the molecule is COc1cc(C(=O)OCC2CN(Cc3ccccc3)CCO2)ccc1C. The normalized spacial score (nSPS) is 17.7. The molecule has 3 rings (SSSR count). The van der Waals surface area contributed by atoms with Gasteiger partial charge in [0.1, 0.15) is 18.5 Å². The second-order valence-electron chi connectivity index (χ2n) is 6.50. The van der Waals surface area contributed by atoms with Crippen molar-refractivity contribution in [3.63, 3.8) is 0 Å². The Morgan fingerprint density at radius 1 is 1.23 bits per heavy atom. The summed E-state index contributed by atoms with van der Waals surface area (Å²) in [5.41, 5.74) is 2.75. The highest BCUT2D eigenvalue weighted by atomic mass is 16.6. The third-order valence-corrected chi connectivity index (χ3v) is 4.52. The molecule has 2 aromatic carbocycles. The standard InChI is InChI=1S/C21H25NO4/c1-16-8-9-18(12-20(16)24-2)21(23)26-15-19-14-22(10-11-25-19)13-17-6-4-3-5-7-17/h3-9,12,19H,10-11,13-15H2,1-2H3. The summed E-state index contributed by atoms with van der Waals surface area (Å²) in [6, 6.07) is 15.7. The molecular weight excluding hydrogens is 330 g/mol. The number of rotatable bonds is 6. The Morgan fingerprint density at radius 3 is 2.81 bits per heavy atom. The van der Waals surface area contributed by atoms with Gasteiger partial charge in [-0.05, 0) is 30.2 Å². The Hall–Kier alpha value is -2.37. The van der Waals surface area contributed by atoms with Crippen molar-refractivity contribution in [1.29, 1.82) is 0 Å². The summed E-state index contributed by atoms with van der Waals surface area (Å²) >= 11 is 0. The number of morpholine rings is 1. The maximum atomic E-state index is 12.3. The summed E-state index contributed by atoms with van der Waals surface area (Å²) in [6.07, 6.45) is -0.108. The Labute approximate surface area is 154 Å². The molecule has 5 nitrogen and oxygen atoms in total. The number of methoxy groups -OCH3 is 1. The molecule has 0 amide bonds. The molecule has 1 aliphatic heterocycles. The van der Waals surface area contributed by atoms with Crippen LogP contribution in [0.5, 0.6) is 5.75 Å². The van der Waals surface area contributed by atoms with Crippen LogP contribution in [0.3, 0.4) is 0 Å². The Kier molecular flexibility index (Phi) is 6.26. The molecule has 26 heavy (non-hydrogen) atoms. The van der Waals surface area contributed by atoms with Crippen LogP contribution in [0.15, 0.2) is 48.5 Å². The first kappa shape index (κ1) is 18.4. The van der Waals surface area contributed by atoms with Crippen LogP contribution >= 0.6 is 0 Å². The molecule has 1 saturated heterocycles. The fourth-order valence-corrected chi connectivity index (χ4v) is 3.07. The Bertz CT molecular complexity index is 732. The third-order valence-electron chi connectivity index (χ3n) is 4.52. The minimum atomic E-state index is -0.355. The lowest BCUT2D eigenvalue weighted by atomic mass is 10.1. The molecule has 0 N–H and O–H groups in total. The molecule has 1 fully saturated rings. The number of carbonyl (C=O) groups is 1. The minimum absolute atomic E-state index is 0.108. The monoisotopic (exact) mass is 355 g/mol. The van der Waals surface area contributed by atoms with Crippen molar-refractivity contribution >= 4 is 5.97 Å². The third kappa shape index (κ3) is 4.84. The van der Waals surface area contributed by atoms with Crippen LogP contribution < -0.4 is 4.74 Å². The average molecular weight is 355 g/mol.